The highest BCUT2D eigenvalue weighted by Crippen LogP contribution is 2.44. The van der Waals surface area contributed by atoms with Gasteiger partial charge in [0.25, 0.3) is 0 Å². The Labute approximate surface area is 196 Å². The van der Waals surface area contributed by atoms with Gasteiger partial charge in [-0.25, -0.2) is 4.39 Å². The van der Waals surface area contributed by atoms with Crippen molar-refractivity contribution in [2.24, 2.45) is 5.41 Å². The van der Waals surface area contributed by atoms with Crippen molar-refractivity contribution in [1.29, 1.82) is 0 Å². The number of carbonyl (C=O) groups is 1. The zero-order valence-electron chi connectivity index (χ0n) is 19.5. The molecule has 0 saturated carbocycles. The zero-order chi connectivity index (χ0) is 22.9. The summed E-state index contributed by atoms with van der Waals surface area (Å²) in [4.78, 5) is 16.0. The molecule has 2 aromatic rings. The molecule has 4 nitrogen and oxygen atoms in total. The van der Waals surface area contributed by atoms with Crippen molar-refractivity contribution < 1.29 is 18.7 Å². The number of nitrogens with zero attached hydrogens (tertiary/aromatic N) is 1. The van der Waals surface area contributed by atoms with Crippen LogP contribution in [0.5, 0.6) is 0 Å². The number of benzene rings is 2. The van der Waals surface area contributed by atoms with Crippen molar-refractivity contribution in [2.45, 2.75) is 57.0 Å². The second-order valence-electron chi connectivity index (χ2n) is 10.3. The molecule has 33 heavy (non-hydrogen) atoms. The molecule has 3 saturated heterocycles. The molecule has 3 aliphatic heterocycles. The van der Waals surface area contributed by atoms with Crippen molar-refractivity contribution in [2.75, 3.05) is 32.9 Å². The summed E-state index contributed by atoms with van der Waals surface area (Å²) in [6.45, 7) is 5.65. The zero-order valence-corrected chi connectivity index (χ0v) is 19.5. The van der Waals surface area contributed by atoms with E-state index in [2.05, 4.69) is 36.1 Å². The molecule has 0 radical (unpaired) electrons. The fraction of sp³-hybridized carbons (Fsp3) is 0.536. The number of carbonyl (C=O) groups excluding carboxylic acids is 1. The number of ether oxygens (including phenoxy) is 2. The molecule has 1 atom stereocenters. The van der Waals surface area contributed by atoms with E-state index in [1.165, 1.54) is 11.6 Å². The Bertz CT molecular complexity index is 975. The lowest BCUT2D eigenvalue weighted by atomic mass is 9.71. The number of hydrogen-bond donors (Lipinski definition) is 0. The molecule has 3 heterocycles. The second-order valence-corrected chi connectivity index (χ2v) is 10.3. The largest absolute Gasteiger partial charge is 0.381 e. The molecule has 5 rings (SSSR count). The molecule has 5 heteroatoms. The Morgan fingerprint density at radius 2 is 1.79 bits per heavy atom. The average Bonchev–Trinajstić information content (AvgIpc) is 3.21. The number of amides is 1. The van der Waals surface area contributed by atoms with E-state index < -0.39 is 5.41 Å². The Kier molecular flexibility index (Phi) is 6.28. The van der Waals surface area contributed by atoms with Crippen LogP contribution < -0.4 is 0 Å². The lowest BCUT2D eigenvalue weighted by molar-refractivity contribution is -0.143. The van der Waals surface area contributed by atoms with E-state index in [0.717, 1.165) is 69.3 Å². The van der Waals surface area contributed by atoms with Gasteiger partial charge < -0.3 is 14.4 Å². The van der Waals surface area contributed by atoms with E-state index in [1.807, 2.05) is 6.07 Å². The lowest BCUT2D eigenvalue weighted by Crippen LogP contribution is -2.53. The smallest absolute Gasteiger partial charge is 0.233 e. The van der Waals surface area contributed by atoms with E-state index in [0.29, 0.717) is 13.2 Å². The number of piperidine rings is 1. The van der Waals surface area contributed by atoms with Crippen molar-refractivity contribution in [3.05, 3.63) is 71.0 Å². The Morgan fingerprint density at radius 1 is 1.06 bits per heavy atom. The minimum absolute atomic E-state index is 0.128. The van der Waals surface area contributed by atoms with Gasteiger partial charge in [0, 0.05) is 26.3 Å². The molecular formula is C28H34FNO3. The third-order valence-electron chi connectivity index (χ3n) is 8.11. The third kappa shape index (κ3) is 4.58. The van der Waals surface area contributed by atoms with Gasteiger partial charge in [0.05, 0.1) is 18.1 Å². The van der Waals surface area contributed by atoms with E-state index in [9.17, 15) is 9.18 Å². The normalized spacial score (nSPS) is 24.2. The molecule has 0 bridgehead atoms. The maximum absolute atomic E-state index is 13.9. The monoisotopic (exact) mass is 451 g/mol. The number of aryl methyl sites for hydroxylation is 1. The van der Waals surface area contributed by atoms with Crippen LogP contribution in [-0.4, -0.2) is 49.8 Å². The first kappa shape index (κ1) is 22.5. The van der Waals surface area contributed by atoms with Gasteiger partial charge in [-0.2, -0.15) is 0 Å². The van der Waals surface area contributed by atoms with Gasteiger partial charge in [0.15, 0.2) is 0 Å². The molecule has 1 amide bonds. The van der Waals surface area contributed by atoms with Gasteiger partial charge in [-0.1, -0.05) is 42.0 Å². The van der Waals surface area contributed by atoms with Crippen molar-refractivity contribution in [3.63, 3.8) is 0 Å². The van der Waals surface area contributed by atoms with Gasteiger partial charge in [-0.15, -0.1) is 0 Å². The molecule has 0 unspecified atom stereocenters. The molecule has 176 valence electrons. The number of likely N-dealkylation sites (tertiary alicyclic amines) is 1. The molecule has 1 spiro atoms. The van der Waals surface area contributed by atoms with E-state index >= 15 is 0 Å². The Hall–Kier alpha value is -2.24. The summed E-state index contributed by atoms with van der Waals surface area (Å²) in [7, 11) is 0. The van der Waals surface area contributed by atoms with Crippen LogP contribution in [0.4, 0.5) is 4.39 Å². The highest BCUT2D eigenvalue weighted by molar-refractivity contribution is 5.88. The van der Waals surface area contributed by atoms with Crippen LogP contribution in [0.3, 0.4) is 0 Å². The van der Waals surface area contributed by atoms with Crippen LogP contribution in [0.15, 0.2) is 48.5 Å². The number of rotatable bonds is 4. The van der Waals surface area contributed by atoms with Crippen molar-refractivity contribution in [1.82, 2.24) is 4.90 Å². The first-order valence-corrected chi connectivity index (χ1v) is 12.3. The van der Waals surface area contributed by atoms with Gasteiger partial charge in [-0.3, -0.25) is 4.79 Å². The summed E-state index contributed by atoms with van der Waals surface area (Å²) >= 11 is 0. The third-order valence-corrected chi connectivity index (χ3v) is 8.11. The van der Waals surface area contributed by atoms with Gasteiger partial charge in [0.1, 0.15) is 5.82 Å². The number of halogens is 1. The van der Waals surface area contributed by atoms with Gasteiger partial charge >= 0.3 is 0 Å². The maximum atomic E-state index is 13.9. The maximum Gasteiger partial charge on any atom is 0.233 e. The molecular weight excluding hydrogens is 417 g/mol. The topological polar surface area (TPSA) is 38.8 Å². The predicted octanol–water partition coefficient (Wildman–Crippen LogP) is 4.82. The SMILES string of the molecule is Cc1ccc(C2(C(=O)N3CCC4(CC3)CO[C@H](Cc3cccc(F)c3)C4)CCOCC2)cc1. The fourth-order valence-electron chi connectivity index (χ4n) is 6.01. The van der Waals surface area contributed by atoms with E-state index in [-0.39, 0.29) is 23.2 Å². The molecule has 2 aromatic carbocycles. The fourth-order valence-corrected chi connectivity index (χ4v) is 6.01. The van der Waals surface area contributed by atoms with E-state index in [4.69, 9.17) is 9.47 Å². The summed E-state index contributed by atoms with van der Waals surface area (Å²) in [6.07, 6.45) is 5.30. The van der Waals surface area contributed by atoms with Crippen molar-refractivity contribution >= 4 is 5.91 Å². The predicted molar refractivity (Wildman–Crippen MR) is 126 cm³/mol. The summed E-state index contributed by atoms with van der Waals surface area (Å²) in [6, 6.07) is 15.3. The molecule has 0 aromatic heterocycles. The second kappa shape index (κ2) is 9.19. The van der Waals surface area contributed by atoms with Gasteiger partial charge in [-0.05, 0) is 74.1 Å². The highest BCUT2D eigenvalue weighted by Gasteiger charge is 2.48. The van der Waals surface area contributed by atoms with Crippen molar-refractivity contribution in [3.8, 4) is 0 Å². The summed E-state index contributed by atoms with van der Waals surface area (Å²) < 4.78 is 25.3. The van der Waals surface area contributed by atoms with Crippen LogP contribution in [0.1, 0.15) is 48.8 Å². The van der Waals surface area contributed by atoms with Crippen LogP contribution in [-0.2, 0) is 26.1 Å². The first-order chi connectivity index (χ1) is 16.0. The molecule has 0 aliphatic carbocycles. The standard InChI is InChI=1S/C28H34FNO3/c1-21-5-7-23(8-6-21)28(11-15-32-16-12-28)26(31)30-13-9-27(10-14-30)19-25(33-20-27)18-22-3-2-4-24(29)17-22/h2-8,17,25H,9-16,18-20H2,1H3/t25-/m1/s1. The summed E-state index contributed by atoms with van der Waals surface area (Å²) in [5, 5.41) is 0. The minimum atomic E-state index is -0.470. The molecule has 3 aliphatic rings. The van der Waals surface area contributed by atoms with Gasteiger partial charge in [0.2, 0.25) is 5.91 Å². The first-order valence-electron chi connectivity index (χ1n) is 12.3. The molecule has 0 N–H and O–H groups in total. The lowest BCUT2D eigenvalue weighted by Gasteiger charge is -2.44. The summed E-state index contributed by atoms with van der Waals surface area (Å²) in [5.74, 6) is 0.0716. The van der Waals surface area contributed by atoms with Crippen LogP contribution in [0, 0.1) is 18.2 Å². The Balaban J connectivity index is 1.24. The van der Waals surface area contributed by atoms with Crippen LogP contribution >= 0.6 is 0 Å². The minimum Gasteiger partial charge on any atom is -0.381 e. The Morgan fingerprint density at radius 3 is 2.48 bits per heavy atom. The molecule has 3 fully saturated rings. The van der Waals surface area contributed by atoms with E-state index in [1.54, 1.807) is 12.1 Å². The van der Waals surface area contributed by atoms with Crippen LogP contribution in [0.25, 0.3) is 0 Å². The van der Waals surface area contributed by atoms with Crippen LogP contribution in [0.2, 0.25) is 0 Å². The quantitative estimate of drug-likeness (QED) is 0.669. The average molecular weight is 452 g/mol. The highest BCUT2D eigenvalue weighted by atomic mass is 19.1. The summed E-state index contributed by atoms with van der Waals surface area (Å²) in [5.41, 5.74) is 3.00. The number of hydrogen-bond acceptors (Lipinski definition) is 3.